The number of hydrogen-bond acceptors (Lipinski definition) is 3. The fourth-order valence-corrected chi connectivity index (χ4v) is 1.63. The van der Waals surface area contributed by atoms with Crippen molar-refractivity contribution in [1.82, 2.24) is 0 Å². The molecule has 0 fully saturated rings. The van der Waals surface area contributed by atoms with Crippen LogP contribution in [0.4, 0.5) is 13.2 Å². The monoisotopic (exact) mass is 291 g/mol. The van der Waals surface area contributed by atoms with Crippen LogP contribution in [0.2, 0.25) is 0 Å². The van der Waals surface area contributed by atoms with Crippen molar-refractivity contribution in [3.63, 3.8) is 0 Å². The lowest BCUT2D eigenvalue weighted by Gasteiger charge is -2.09. The number of benzene rings is 2. The summed E-state index contributed by atoms with van der Waals surface area (Å²) in [6.45, 7) is 0. The Hall–Kier alpha value is -2.81. The van der Waals surface area contributed by atoms with Crippen molar-refractivity contribution < 1.29 is 22.7 Å². The van der Waals surface area contributed by atoms with Gasteiger partial charge in [-0.1, -0.05) is 18.2 Å². The summed E-state index contributed by atoms with van der Waals surface area (Å²) < 4.78 is 42.7. The molecule has 0 spiro atoms. The van der Waals surface area contributed by atoms with E-state index >= 15 is 0 Å². The molecule has 0 aliphatic carbocycles. The van der Waals surface area contributed by atoms with Gasteiger partial charge in [0.2, 0.25) is 0 Å². The summed E-state index contributed by atoms with van der Waals surface area (Å²) in [7, 11) is 0. The molecule has 6 heteroatoms. The molecule has 0 amide bonds. The van der Waals surface area contributed by atoms with E-state index in [1.165, 1.54) is 18.2 Å². The topological polar surface area (TPSA) is 50.1 Å². The molecule has 0 aliphatic heterocycles. The largest absolute Gasteiger partial charge is 0.422 e. The lowest BCUT2D eigenvalue weighted by molar-refractivity contribution is -0.137. The number of carbonyl (C=O) groups is 1. The Bertz CT molecular complexity index is 717. The van der Waals surface area contributed by atoms with Crippen LogP contribution in [-0.2, 0) is 6.18 Å². The maximum Gasteiger partial charge on any atom is 0.416 e. The molecule has 0 saturated carbocycles. The molecule has 3 nitrogen and oxygen atoms in total. The van der Waals surface area contributed by atoms with E-state index in [9.17, 15) is 18.0 Å². The molecule has 0 N–H and O–H groups in total. The van der Waals surface area contributed by atoms with Crippen LogP contribution >= 0.6 is 0 Å². The Labute approximate surface area is 118 Å². The molecule has 0 saturated heterocycles. The molecular formula is C15H8F3NO2. The van der Waals surface area contributed by atoms with Crippen LogP contribution in [0.25, 0.3) is 0 Å². The van der Waals surface area contributed by atoms with E-state index in [1.807, 2.05) is 6.07 Å². The standard InChI is InChI=1S/C15H8F3NO2/c16-15(17,18)12-6-3-5-10(8-12)14(20)21-13-7-2-1-4-11(13)9-19/h1-8H. The Kier molecular flexibility index (Phi) is 3.94. The van der Waals surface area contributed by atoms with Crippen molar-refractivity contribution in [2.75, 3.05) is 0 Å². The minimum atomic E-state index is -4.54. The van der Waals surface area contributed by atoms with Crippen LogP contribution in [0.5, 0.6) is 5.75 Å². The van der Waals surface area contributed by atoms with E-state index in [2.05, 4.69) is 0 Å². The first-order valence-electron chi connectivity index (χ1n) is 5.80. The van der Waals surface area contributed by atoms with Gasteiger partial charge in [0.15, 0.2) is 0 Å². The van der Waals surface area contributed by atoms with Gasteiger partial charge in [0.05, 0.1) is 16.7 Å². The smallest absolute Gasteiger partial charge is 0.416 e. The Balaban J connectivity index is 2.28. The SMILES string of the molecule is N#Cc1ccccc1OC(=O)c1cccc(C(F)(F)F)c1. The Morgan fingerprint density at radius 1 is 1.10 bits per heavy atom. The van der Waals surface area contributed by atoms with Gasteiger partial charge in [0.25, 0.3) is 0 Å². The minimum absolute atomic E-state index is 0.00223. The first kappa shape index (κ1) is 14.6. The fourth-order valence-electron chi connectivity index (χ4n) is 1.63. The molecule has 2 aromatic carbocycles. The number of para-hydroxylation sites is 1. The highest BCUT2D eigenvalue weighted by atomic mass is 19.4. The van der Waals surface area contributed by atoms with E-state index in [1.54, 1.807) is 12.1 Å². The number of nitriles is 1. The molecule has 0 aromatic heterocycles. The van der Waals surface area contributed by atoms with Gasteiger partial charge in [-0.3, -0.25) is 0 Å². The fraction of sp³-hybridized carbons (Fsp3) is 0.0667. The van der Waals surface area contributed by atoms with Gasteiger partial charge < -0.3 is 4.74 Å². The van der Waals surface area contributed by atoms with Gasteiger partial charge in [-0.05, 0) is 30.3 Å². The Morgan fingerprint density at radius 3 is 2.48 bits per heavy atom. The van der Waals surface area contributed by atoms with Gasteiger partial charge in [0.1, 0.15) is 11.8 Å². The van der Waals surface area contributed by atoms with Gasteiger partial charge in [-0.15, -0.1) is 0 Å². The van der Waals surface area contributed by atoms with Crippen molar-refractivity contribution in [3.05, 3.63) is 65.2 Å². The molecule has 0 bridgehead atoms. The number of carbonyl (C=O) groups excluding carboxylic acids is 1. The highest BCUT2D eigenvalue weighted by Gasteiger charge is 2.31. The van der Waals surface area contributed by atoms with Crippen molar-refractivity contribution in [2.24, 2.45) is 0 Å². The maximum atomic E-state index is 12.6. The second-order valence-electron chi connectivity index (χ2n) is 4.08. The van der Waals surface area contributed by atoms with Crippen LogP contribution in [0.1, 0.15) is 21.5 Å². The van der Waals surface area contributed by atoms with Crippen LogP contribution in [-0.4, -0.2) is 5.97 Å². The number of esters is 1. The second kappa shape index (κ2) is 5.67. The number of rotatable bonds is 2. The molecule has 2 aromatic rings. The predicted octanol–water partition coefficient (Wildman–Crippen LogP) is 3.80. The number of nitrogens with zero attached hydrogens (tertiary/aromatic N) is 1. The van der Waals surface area contributed by atoms with E-state index in [-0.39, 0.29) is 16.9 Å². The molecule has 21 heavy (non-hydrogen) atoms. The van der Waals surface area contributed by atoms with Gasteiger partial charge in [0, 0.05) is 0 Å². The number of alkyl halides is 3. The molecular weight excluding hydrogens is 283 g/mol. The number of ether oxygens (including phenoxy) is 1. The highest BCUT2D eigenvalue weighted by molar-refractivity contribution is 5.91. The third kappa shape index (κ3) is 3.39. The third-order valence-electron chi connectivity index (χ3n) is 2.64. The molecule has 0 radical (unpaired) electrons. The maximum absolute atomic E-state index is 12.6. The van der Waals surface area contributed by atoms with Crippen molar-refractivity contribution >= 4 is 5.97 Å². The van der Waals surface area contributed by atoms with E-state index in [0.29, 0.717) is 6.07 Å². The van der Waals surface area contributed by atoms with E-state index in [4.69, 9.17) is 10.00 Å². The molecule has 0 heterocycles. The molecule has 0 atom stereocenters. The highest BCUT2D eigenvalue weighted by Crippen LogP contribution is 2.29. The third-order valence-corrected chi connectivity index (χ3v) is 2.64. The summed E-state index contributed by atoms with van der Waals surface area (Å²) in [4.78, 5) is 11.9. The average molecular weight is 291 g/mol. The number of hydrogen-bond donors (Lipinski definition) is 0. The van der Waals surface area contributed by atoms with Crippen LogP contribution in [0.15, 0.2) is 48.5 Å². The summed E-state index contributed by atoms with van der Waals surface area (Å²) in [5.41, 5.74) is -1.05. The quantitative estimate of drug-likeness (QED) is 0.624. The summed E-state index contributed by atoms with van der Waals surface area (Å²) in [5, 5.41) is 8.86. The first-order chi connectivity index (χ1) is 9.91. The molecule has 2 rings (SSSR count). The van der Waals surface area contributed by atoms with Crippen LogP contribution in [0.3, 0.4) is 0 Å². The summed E-state index contributed by atoms with van der Waals surface area (Å²) in [6, 6.07) is 11.7. The normalized spacial score (nSPS) is 10.8. The molecule has 106 valence electrons. The van der Waals surface area contributed by atoms with Crippen molar-refractivity contribution in [3.8, 4) is 11.8 Å². The average Bonchev–Trinajstić information content (AvgIpc) is 2.47. The lowest BCUT2D eigenvalue weighted by Crippen LogP contribution is -2.12. The summed E-state index contributed by atoms with van der Waals surface area (Å²) in [6.07, 6.45) is -4.54. The van der Waals surface area contributed by atoms with Crippen molar-refractivity contribution in [1.29, 1.82) is 5.26 Å². The van der Waals surface area contributed by atoms with Crippen LogP contribution in [0, 0.1) is 11.3 Å². The van der Waals surface area contributed by atoms with Crippen molar-refractivity contribution in [2.45, 2.75) is 6.18 Å². The van der Waals surface area contributed by atoms with Gasteiger partial charge >= 0.3 is 12.1 Å². The zero-order valence-electron chi connectivity index (χ0n) is 10.5. The summed E-state index contributed by atoms with van der Waals surface area (Å²) >= 11 is 0. The molecule has 0 aliphatic rings. The molecule has 0 unspecified atom stereocenters. The zero-order chi connectivity index (χ0) is 15.5. The predicted molar refractivity (Wildman–Crippen MR) is 67.6 cm³/mol. The van der Waals surface area contributed by atoms with Gasteiger partial charge in [-0.2, -0.15) is 18.4 Å². The zero-order valence-corrected chi connectivity index (χ0v) is 10.5. The second-order valence-corrected chi connectivity index (χ2v) is 4.08. The van der Waals surface area contributed by atoms with Gasteiger partial charge in [-0.25, -0.2) is 4.79 Å². The Morgan fingerprint density at radius 2 is 1.81 bits per heavy atom. The summed E-state index contributed by atoms with van der Waals surface area (Å²) in [5.74, 6) is -0.953. The minimum Gasteiger partial charge on any atom is -0.422 e. The lowest BCUT2D eigenvalue weighted by atomic mass is 10.1. The van der Waals surface area contributed by atoms with Crippen LogP contribution < -0.4 is 4.74 Å². The first-order valence-corrected chi connectivity index (χ1v) is 5.80. The van der Waals surface area contributed by atoms with E-state index < -0.39 is 17.7 Å². The number of halogens is 3. The van der Waals surface area contributed by atoms with E-state index in [0.717, 1.165) is 12.1 Å².